The fraction of sp³-hybridized carbons (Fsp3) is 0.909. The van der Waals surface area contributed by atoms with Crippen LogP contribution in [0.3, 0.4) is 0 Å². The molecule has 0 unspecified atom stereocenters. The molecule has 8 heteroatoms. The number of carboxylic acid groups (broad SMARTS) is 1. The number of β-amino-alcohol motifs (C(OH)–C–C–N with tert-alkyl or cyclic N) is 1. The van der Waals surface area contributed by atoms with Gasteiger partial charge in [-0.25, -0.2) is 0 Å². The zero-order valence-corrected chi connectivity index (χ0v) is 11.7. The minimum atomic E-state index is -3.79. The van der Waals surface area contributed by atoms with E-state index in [1.165, 1.54) is 4.31 Å². The van der Waals surface area contributed by atoms with Crippen LogP contribution in [0.4, 0.5) is 0 Å². The van der Waals surface area contributed by atoms with Crippen molar-refractivity contribution in [1.82, 2.24) is 8.61 Å². The van der Waals surface area contributed by atoms with E-state index in [2.05, 4.69) is 6.92 Å². The summed E-state index contributed by atoms with van der Waals surface area (Å²) >= 11 is 0. The maximum atomic E-state index is 12.4. The molecule has 2 rings (SSSR count). The van der Waals surface area contributed by atoms with Crippen molar-refractivity contribution in [3.05, 3.63) is 0 Å². The Hall–Kier alpha value is -0.700. The lowest BCUT2D eigenvalue weighted by molar-refractivity contribution is -0.140. The molecule has 0 aliphatic carbocycles. The summed E-state index contributed by atoms with van der Waals surface area (Å²) in [7, 11) is -3.79. The Morgan fingerprint density at radius 1 is 1.26 bits per heavy atom. The van der Waals surface area contributed by atoms with Crippen molar-refractivity contribution in [2.24, 2.45) is 5.92 Å². The van der Waals surface area contributed by atoms with Gasteiger partial charge in [-0.15, -0.1) is 0 Å². The molecule has 2 aliphatic rings. The molecule has 0 bridgehead atoms. The van der Waals surface area contributed by atoms with Gasteiger partial charge in [-0.2, -0.15) is 17.0 Å². The fourth-order valence-electron chi connectivity index (χ4n) is 2.63. The number of hydrogen-bond donors (Lipinski definition) is 2. The topological polar surface area (TPSA) is 98.2 Å². The van der Waals surface area contributed by atoms with Gasteiger partial charge in [-0.1, -0.05) is 6.92 Å². The van der Waals surface area contributed by atoms with E-state index in [1.807, 2.05) is 0 Å². The van der Waals surface area contributed by atoms with Crippen LogP contribution >= 0.6 is 0 Å². The van der Waals surface area contributed by atoms with Gasteiger partial charge >= 0.3 is 5.97 Å². The summed E-state index contributed by atoms with van der Waals surface area (Å²) in [6.07, 6.45) is 0.624. The first-order valence-corrected chi connectivity index (χ1v) is 7.90. The lowest BCUT2D eigenvalue weighted by atomic mass is 10.0. The second kappa shape index (κ2) is 5.35. The third-order valence-corrected chi connectivity index (χ3v) is 5.90. The summed E-state index contributed by atoms with van der Waals surface area (Å²) in [6.45, 7) is 2.78. The zero-order valence-electron chi connectivity index (χ0n) is 10.9. The summed E-state index contributed by atoms with van der Waals surface area (Å²) in [4.78, 5) is 11.1. The standard InChI is InChI=1S/C11H20N2O5S/c1-8-2-4-12(5-3-8)19(17,18)13-7-9(14)6-10(13)11(15)16/h8-10,14H,2-7H2,1H3,(H,15,16)/t9-,10-/m0/s1. The van der Waals surface area contributed by atoms with E-state index in [0.29, 0.717) is 19.0 Å². The third kappa shape index (κ3) is 2.91. The van der Waals surface area contributed by atoms with Crippen molar-refractivity contribution in [3.8, 4) is 0 Å². The molecule has 2 saturated heterocycles. The highest BCUT2D eigenvalue weighted by Gasteiger charge is 2.45. The predicted molar refractivity (Wildman–Crippen MR) is 67.6 cm³/mol. The molecule has 0 aromatic heterocycles. The van der Waals surface area contributed by atoms with E-state index in [0.717, 1.165) is 17.1 Å². The van der Waals surface area contributed by atoms with Crippen molar-refractivity contribution in [2.45, 2.75) is 38.3 Å². The molecule has 0 saturated carbocycles. The molecule has 0 aromatic carbocycles. The number of aliphatic hydroxyl groups is 1. The van der Waals surface area contributed by atoms with Gasteiger partial charge in [-0.3, -0.25) is 4.79 Å². The SMILES string of the molecule is CC1CCN(S(=O)(=O)N2C[C@@H](O)C[C@H]2C(=O)O)CC1. The Labute approximate surface area is 113 Å². The Balaban J connectivity index is 2.16. The predicted octanol–water partition coefficient (Wildman–Crippen LogP) is -0.517. The molecule has 110 valence electrons. The molecule has 0 amide bonds. The minimum Gasteiger partial charge on any atom is -0.480 e. The number of aliphatic carboxylic acids is 1. The normalized spacial score (nSPS) is 31.7. The van der Waals surface area contributed by atoms with Crippen LogP contribution in [0.15, 0.2) is 0 Å². The highest BCUT2D eigenvalue weighted by molar-refractivity contribution is 7.86. The van der Waals surface area contributed by atoms with Gasteiger partial charge in [0.2, 0.25) is 0 Å². The fourth-order valence-corrected chi connectivity index (χ4v) is 4.45. The minimum absolute atomic E-state index is 0.0429. The van der Waals surface area contributed by atoms with E-state index < -0.39 is 28.3 Å². The van der Waals surface area contributed by atoms with Crippen molar-refractivity contribution >= 4 is 16.2 Å². The van der Waals surface area contributed by atoms with Gasteiger partial charge < -0.3 is 10.2 Å². The number of rotatable bonds is 3. The molecular formula is C11H20N2O5S. The van der Waals surface area contributed by atoms with Crippen molar-refractivity contribution in [3.63, 3.8) is 0 Å². The average molecular weight is 292 g/mol. The second-order valence-electron chi connectivity index (χ2n) is 5.40. The van der Waals surface area contributed by atoms with Gasteiger partial charge in [0.1, 0.15) is 6.04 Å². The Morgan fingerprint density at radius 2 is 1.84 bits per heavy atom. The van der Waals surface area contributed by atoms with Gasteiger partial charge in [-0.05, 0) is 18.8 Å². The van der Waals surface area contributed by atoms with Gasteiger partial charge in [0.25, 0.3) is 10.2 Å². The first-order valence-electron chi connectivity index (χ1n) is 6.50. The van der Waals surface area contributed by atoms with Crippen LogP contribution in [0, 0.1) is 5.92 Å². The molecule has 0 aromatic rings. The highest BCUT2D eigenvalue weighted by Crippen LogP contribution is 2.27. The van der Waals surface area contributed by atoms with Crippen LogP contribution in [-0.4, -0.2) is 65.0 Å². The summed E-state index contributed by atoms with van der Waals surface area (Å²) < 4.78 is 27.1. The van der Waals surface area contributed by atoms with Crippen LogP contribution < -0.4 is 0 Å². The number of carboxylic acids is 1. The van der Waals surface area contributed by atoms with E-state index in [9.17, 15) is 18.3 Å². The maximum absolute atomic E-state index is 12.4. The molecule has 2 heterocycles. The quantitative estimate of drug-likeness (QED) is 0.729. The Kier molecular flexibility index (Phi) is 4.14. The van der Waals surface area contributed by atoms with Gasteiger partial charge in [0, 0.05) is 26.1 Å². The first kappa shape index (κ1) is 14.7. The van der Waals surface area contributed by atoms with Crippen LogP contribution in [0.5, 0.6) is 0 Å². The molecule has 2 fully saturated rings. The Bertz CT molecular complexity index is 444. The van der Waals surface area contributed by atoms with E-state index in [4.69, 9.17) is 5.11 Å². The Morgan fingerprint density at radius 3 is 2.37 bits per heavy atom. The monoisotopic (exact) mass is 292 g/mol. The lowest BCUT2D eigenvalue weighted by Gasteiger charge is -2.33. The van der Waals surface area contributed by atoms with Crippen molar-refractivity contribution < 1.29 is 23.4 Å². The van der Waals surface area contributed by atoms with E-state index in [1.54, 1.807) is 0 Å². The molecule has 19 heavy (non-hydrogen) atoms. The molecule has 0 spiro atoms. The summed E-state index contributed by atoms with van der Waals surface area (Å²) in [5.41, 5.74) is 0. The maximum Gasteiger partial charge on any atom is 0.322 e. The molecule has 0 radical (unpaired) electrons. The van der Waals surface area contributed by atoms with E-state index in [-0.39, 0.29) is 13.0 Å². The number of carbonyl (C=O) groups is 1. The summed E-state index contributed by atoms with van der Waals surface area (Å²) in [5, 5.41) is 18.6. The molecular weight excluding hydrogens is 272 g/mol. The molecule has 2 aliphatic heterocycles. The number of hydrogen-bond acceptors (Lipinski definition) is 4. The number of aliphatic hydroxyl groups excluding tert-OH is 1. The van der Waals surface area contributed by atoms with Gasteiger partial charge in [0.05, 0.1) is 6.10 Å². The largest absolute Gasteiger partial charge is 0.480 e. The molecule has 2 N–H and O–H groups in total. The van der Waals surface area contributed by atoms with Crippen LogP contribution in [0.2, 0.25) is 0 Å². The lowest BCUT2D eigenvalue weighted by Crippen LogP contribution is -2.50. The smallest absolute Gasteiger partial charge is 0.322 e. The van der Waals surface area contributed by atoms with E-state index >= 15 is 0 Å². The summed E-state index contributed by atoms with van der Waals surface area (Å²) in [6, 6.07) is -1.15. The number of nitrogens with zero attached hydrogens (tertiary/aromatic N) is 2. The molecule has 2 atom stereocenters. The zero-order chi connectivity index (χ0) is 14.2. The third-order valence-electron chi connectivity index (χ3n) is 3.88. The molecule has 7 nitrogen and oxygen atoms in total. The van der Waals surface area contributed by atoms with Crippen molar-refractivity contribution in [2.75, 3.05) is 19.6 Å². The van der Waals surface area contributed by atoms with Crippen molar-refractivity contribution in [1.29, 1.82) is 0 Å². The number of piperidine rings is 1. The average Bonchev–Trinajstić information content (AvgIpc) is 2.73. The highest BCUT2D eigenvalue weighted by atomic mass is 32.2. The first-order chi connectivity index (χ1) is 8.82. The second-order valence-corrected chi connectivity index (χ2v) is 7.28. The van der Waals surface area contributed by atoms with Crippen LogP contribution in [0.25, 0.3) is 0 Å². The van der Waals surface area contributed by atoms with Crippen LogP contribution in [-0.2, 0) is 15.0 Å². The van der Waals surface area contributed by atoms with Crippen LogP contribution in [0.1, 0.15) is 26.2 Å². The van der Waals surface area contributed by atoms with Gasteiger partial charge in [0.15, 0.2) is 0 Å². The summed E-state index contributed by atoms with van der Waals surface area (Å²) in [5.74, 6) is -0.712.